The Kier molecular flexibility index (Phi) is 4.99. The minimum absolute atomic E-state index is 0.244. The molecule has 0 saturated carbocycles. The van der Waals surface area contributed by atoms with E-state index in [9.17, 15) is 4.79 Å². The number of H-pyrrole nitrogens is 1. The van der Waals surface area contributed by atoms with Crippen molar-refractivity contribution in [3.63, 3.8) is 0 Å². The number of pyridine rings is 1. The average molecular weight is 375 g/mol. The molecule has 28 heavy (non-hydrogen) atoms. The van der Waals surface area contributed by atoms with Crippen LogP contribution in [-0.4, -0.2) is 53.0 Å². The topological polar surface area (TPSA) is 83.5 Å². The fourth-order valence-corrected chi connectivity index (χ4v) is 3.04. The monoisotopic (exact) mass is 375 g/mol. The molecule has 1 aliphatic rings. The maximum absolute atomic E-state index is 12.4. The molecule has 0 aliphatic carbocycles. The Labute approximate surface area is 162 Å². The first-order valence-corrected chi connectivity index (χ1v) is 9.08. The van der Waals surface area contributed by atoms with Gasteiger partial charge in [0.25, 0.3) is 5.56 Å². The molecule has 0 saturated heterocycles. The third-order valence-corrected chi connectivity index (χ3v) is 4.57. The summed E-state index contributed by atoms with van der Waals surface area (Å²) in [6.45, 7) is 1.46. The lowest BCUT2D eigenvalue weighted by atomic mass is 10.0. The molecule has 1 aliphatic heterocycles. The van der Waals surface area contributed by atoms with E-state index in [-0.39, 0.29) is 5.56 Å². The van der Waals surface area contributed by atoms with Crippen LogP contribution in [0.25, 0.3) is 11.3 Å². The van der Waals surface area contributed by atoms with Gasteiger partial charge in [0, 0.05) is 37.0 Å². The molecule has 7 heteroatoms. The average Bonchev–Trinajstić information content (AvgIpc) is 3.12. The predicted octanol–water partition coefficient (Wildman–Crippen LogP) is 2.45. The molecule has 3 heterocycles. The van der Waals surface area contributed by atoms with Gasteiger partial charge < -0.3 is 9.64 Å². The van der Waals surface area contributed by atoms with Crippen molar-refractivity contribution >= 4 is 11.4 Å². The molecule has 0 atom stereocenters. The number of nitrogens with one attached hydrogen (secondary N) is 1. The maximum atomic E-state index is 12.4. The summed E-state index contributed by atoms with van der Waals surface area (Å²) in [5, 5.41) is 6.73. The van der Waals surface area contributed by atoms with Gasteiger partial charge in [-0.25, -0.2) is 5.10 Å². The van der Waals surface area contributed by atoms with E-state index in [0.29, 0.717) is 24.3 Å². The molecule has 0 bridgehead atoms. The van der Waals surface area contributed by atoms with E-state index in [1.165, 1.54) is 0 Å². The van der Waals surface area contributed by atoms with Gasteiger partial charge in [-0.2, -0.15) is 5.10 Å². The van der Waals surface area contributed by atoms with Gasteiger partial charge in [-0.1, -0.05) is 6.07 Å². The lowest BCUT2D eigenvalue weighted by Crippen LogP contribution is -2.19. The van der Waals surface area contributed by atoms with Gasteiger partial charge in [-0.3, -0.25) is 14.8 Å². The van der Waals surface area contributed by atoms with E-state index in [4.69, 9.17) is 4.74 Å². The minimum atomic E-state index is -0.244. The molecule has 0 radical (unpaired) electrons. The first-order chi connectivity index (χ1) is 13.6. The Bertz CT molecular complexity index is 1070. The minimum Gasteiger partial charge on any atom is -0.492 e. The van der Waals surface area contributed by atoms with Crippen molar-refractivity contribution < 1.29 is 4.74 Å². The largest absolute Gasteiger partial charge is 0.492 e. The summed E-state index contributed by atoms with van der Waals surface area (Å²) < 4.78 is 5.79. The quantitative estimate of drug-likeness (QED) is 0.715. The van der Waals surface area contributed by atoms with Crippen molar-refractivity contribution in [2.75, 3.05) is 27.2 Å². The Hall–Kier alpha value is -3.32. The zero-order chi connectivity index (χ0) is 19.5. The molecule has 1 aromatic carbocycles. The molecule has 4 rings (SSSR count). The number of hydrogen-bond acceptors (Lipinski definition) is 6. The van der Waals surface area contributed by atoms with Gasteiger partial charge in [0.2, 0.25) is 0 Å². The third kappa shape index (κ3) is 3.84. The lowest BCUT2D eigenvalue weighted by Gasteiger charge is -2.11. The number of aromatic amines is 1. The van der Waals surface area contributed by atoms with Crippen LogP contribution >= 0.6 is 0 Å². The van der Waals surface area contributed by atoms with Gasteiger partial charge in [-0.05, 0) is 43.9 Å². The van der Waals surface area contributed by atoms with Crippen LogP contribution in [0.15, 0.2) is 58.6 Å². The highest BCUT2D eigenvalue weighted by atomic mass is 16.5. The van der Waals surface area contributed by atoms with Crippen LogP contribution in [0.3, 0.4) is 0 Å². The summed E-state index contributed by atoms with van der Waals surface area (Å²) in [5.74, 6) is 0.784. The van der Waals surface area contributed by atoms with E-state index in [2.05, 4.69) is 25.1 Å². The van der Waals surface area contributed by atoms with Crippen LogP contribution in [-0.2, 0) is 6.42 Å². The van der Waals surface area contributed by atoms with E-state index in [0.717, 1.165) is 34.8 Å². The fourth-order valence-electron chi connectivity index (χ4n) is 3.04. The Morgan fingerprint density at radius 3 is 2.75 bits per heavy atom. The van der Waals surface area contributed by atoms with Crippen molar-refractivity contribution in [2.24, 2.45) is 4.99 Å². The summed E-state index contributed by atoms with van der Waals surface area (Å²) in [6, 6.07) is 11.4. The van der Waals surface area contributed by atoms with Gasteiger partial charge in [-0.15, -0.1) is 0 Å². The van der Waals surface area contributed by atoms with Crippen LogP contribution in [0.5, 0.6) is 5.75 Å². The van der Waals surface area contributed by atoms with Crippen molar-refractivity contribution in [2.45, 2.75) is 6.42 Å². The van der Waals surface area contributed by atoms with Gasteiger partial charge in [0.15, 0.2) is 0 Å². The van der Waals surface area contributed by atoms with Crippen LogP contribution < -0.4 is 10.3 Å². The highest BCUT2D eigenvalue weighted by Gasteiger charge is 2.20. The van der Waals surface area contributed by atoms with E-state index in [1.807, 2.05) is 44.4 Å². The molecule has 142 valence electrons. The third-order valence-electron chi connectivity index (χ3n) is 4.57. The van der Waals surface area contributed by atoms with Crippen LogP contribution in [0.2, 0.25) is 0 Å². The summed E-state index contributed by atoms with van der Waals surface area (Å²) in [4.78, 5) is 23.1. The van der Waals surface area contributed by atoms with Crippen molar-refractivity contribution in [3.05, 3.63) is 70.3 Å². The van der Waals surface area contributed by atoms with E-state index in [1.54, 1.807) is 18.5 Å². The highest BCUT2D eigenvalue weighted by molar-refractivity contribution is 6.06. The number of aliphatic imine (C=N–C) groups is 1. The molecule has 2 aromatic heterocycles. The lowest BCUT2D eigenvalue weighted by molar-refractivity contribution is 0.261. The van der Waals surface area contributed by atoms with Crippen LogP contribution in [0, 0.1) is 0 Å². The van der Waals surface area contributed by atoms with E-state index < -0.39 is 0 Å². The zero-order valence-corrected chi connectivity index (χ0v) is 15.8. The number of hydrogen-bond donors (Lipinski definition) is 1. The molecule has 3 aromatic rings. The van der Waals surface area contributed by atoms with E-state index >= 15 is 0 Å². The van der Waals surface area contributed by atoms with Gasteiger partial charge >= 0.3 is 0 Å². The molecule has 1 N–H and O–H groups in total. The molecule has 7 nitrogen and oxygen atoms in total. The SMILES string of the molecule is CN(C)CCOc1ccc2c(c1)N=C(c1cc(-c3ccncc3)n[nH]c1=O)C2. The van der Waals surface area contributed by atoms with Crippen LogP contribution in [0.1, 0.15) is 11.1 Å². The number of benzene rings is 1. The van der Waals surface area contributed by atoms with Crippen molar-refractivity contribution in [3.8, 4) is 17.0 Å². The second kappa shape index (κ2) is 7.74. The molecule has 0 unspecified atom stereocenters. The Balaban J connectivity index is 1.60. The van der Waals surface area contributed by atoms with Gasteiger partial charge in [0.05, 0.1) is 22.7 Å². The Morgan fingerprint density at radius 1 is 1.14 bits per heavy atom. The smallest absolute Gasteiger partial charge is 0.273 e. The number of ether oxygens (including phenoxy) is 1. The number of nitrogens with zero attached hydrogens (tertiary/aromatic N) is 4. The normalized spacial score (nSPS) is 12.8. The molecular weight excluding hydrogens is 354 g/mol. The molecule has 0 spiro atoms. The first kappa shape index (κ1) is 18.1. The van der Waals surface area contributed by atoms with Crippen molar-refractivity contribution in [1.29, 1.82) is 0 Å². The summed E-state index contributed by atoms with van der Waals surface area (Å²) in [6.07, 6.45) is 4.00. The summed E-state index contributed by atoms with van der Waals surface area (Å²) in [5.41, 5.74) is 4.53. The standard InChI is InChI=1S/C21H21N5O2/c1-26(2)9-10-28-16-4-3-15-11-20(23-18(15)12-16)17-13-19(24-25-21(17)27)14-5-7-22-8-6-14/h3-8,12-13H,9-11H2,1-2H3,(H,25,27). The first-order valence-electron chi connectivity index (χ1n) is 9.08. The number of rotatable bonds is 6. The molecule has 0 amide bonds. The maximum Gasteiger partial charge on any atom is 0.273 e. The van der Waals surface area contributed by atoms with Gasteiger partial charge in [0.1, 0.15) is 12.4 Å². The Morgan fingerprint density at radius 2 is 1.96 bits per heavy atom. The van der Waals surface area contributed by atoms with Crippen LogP contribution in [0.4, 0.5) is 5.69 Å². The molecule has 0 fully saturated rings. The number of likely N-dealkylation sites (N-methyl/N-ethyl adjacent to an activating group) is 1. The fraction of sp³-hybridized carbons (Fsp3) is 0.238. The number of fused-ring (bicyclic) bond motifs is 1. The second-order valence-electron chi connectivity index (χ2n) is 6.91. The van der Waals surface area contributed by atoms with Crippen molar-refractivity contribution in [1.82, 2.24) is 20.1 Å². The molecular formula is C21H21N5O2. The number of aromatic nitrogens is 3. The predicted molar refractivity (Wildman–Crippen MR) is 108 cm³/mol. The summed E-state index contributed by atoms with van der Waals surface area (Å²) in [7, 11) is 4.02. The summed E-state index contributed by atoms with van der Waals surface area (Å²) >= 11 is 0. The zero-order valence-electron chi connectivity index (χ0n) is 15.8. The highest BCUT2D eigenvalue weighted by Crippen LogP contribution is 2.32. The second-order valence-corrected chi connectivity index (χ2v) is 6.91.